The lowest BCUT2D eigenvalue weighted by molar-refractivity contribution is -0.605. The Bertz CT molecular complexity index is 1060. The van der Waals surface area contributed by atoms with E-state index in [1.165, 1.54) is 18.5 Å². The molecule has 3 aromatic rings. The number of hydrogen-bond donors (Lipinski definition) is 1. The zero-order valence-corrected chi connectivity index (χ0v) is 18.8. The fraction of sp³-hybridized carbons (Fsp3) is 0.385. The van der Waals surface area contributed by atoms with Gasteiger partial charge in [-0.1, -0.05) is 12.1 Å². The molecule has 1 saturated carbocycles. The summed E-state index contributed by atoms with van der Waals surface area (Å²) in [7, 11) is 0. The van der Waals surface area contributed by atoms with Crippen molar-refractivity contribution in [1.82, 2.24) is 4.98 Å². The van der Waals surface area contributed by atoms with Crippen molar-refractivity contribution < 1.29 is 28.1 Å². The van der Waals surface area contributed by atoms with Crippen LogP contribution in [0.25, 0.3) is 0 Å². The van der Waals surface area contributed by atoms with Crippen molar-refractivity contribution in [3.8, 4) is 11.5 Å². The van der Waals surface area contributed by atoms with Crippen molar-refractivity contribution in [1.29, 1.82) is 0 Å². The van der Waals surface area contributed by atoms with Crippen LogP contribution in [0.1, 0.15) is 54.0 Å². The van der Waals surface area contributed by atoms with E-state index in [2.05, 4.69) is 4.98 Å². The van der Waals surface area contributed by atoms with Gasteiger partial charge in [0, 0.05) is 36.5 Å². The van der Waals surface area contributed by atoms with Crippen molar-refractivity contribution in [2.24, 2.45) is 0 Å². The van der Waals surface area contributed by atoms with Gasteiger partial charge in [-0.15, -0.1) is 0 Å². The van der Waals surface area contributed by atoms with E-state index in [0.29, 0.717) is 18.6 Å². The van der Waals surface area contributed by atoms with E-state index >= 15 is 0 Å². The largest absolute Gasteiger partial charge is 0.619 e. The molecule has 1 aromatic carbocycles. The van der Waals surface area contributed by atoms with Crippen molar-refractivity contribution in [3.05, 3.63) is 88.6 Å². The van der Waals surface area contributed by atoms with Gasteiger partial charge < -0.3 is 19.8 Å². The monoisotopic (exact) mass is 470 g/mol. The third kappa shape index (κ3) is 6.20. The number of ether oxygens (including phenoxy) is 2. The van der Waals surface area contributed by atoms with Crippen LogP contribution in [0, 0.1) is 5.21 Å². The van der Waals surface area contributed by atoms with E-state index in [9.17, 15) is 14.0 Å². The SMILES string of the molecule is [O-][n+]1ccc(CC(c2ccc(OC(F)F)c(OC3CCC3)c2)c2ccc(CCCO)cn2)cc1. The smallest absolute Gasteiger partial charge is 0.387 e. The molecule has 0 saturated heterocycles. The van der Waals surface area contributed by atoms with E-state index in [-0.39, 0.29) is 24.4 Å². The summed E-state index contributed by atoms with van der Waals surface area (Å²) in [6, 6.07) is 12.5. The molecule has 1 aliphatic rings. The predicted molar refractivity (Wildman–Crippen MR) is 122 cm³/mol. The van der Waals surface area contributed by atoms with Crippen LogP contribution in [0.2, 0.25) is 0 Å². The van der Waals surface area contributed by atoms with Crippen LogP contribution in [0.3, 0.4) is 0 Å². The van der Waals surface area contributed by atoms with Gasteiger partial charge in [0.1, 0.15) is 0 Å². The van der Waals surface area contributed by atoms with Crippen LogP contribution in [0.5, 0.6) is 11.5 Å². The first-order chi connectivity index (χ1) is 16.5. The molecule has 0 aliphatic heterocycles. The minimum Gasteiger partial charge on any atom is -0.619 e. The maximum atomic E-state index is 13.0. The van der Waals surface area contributed by atoms with Crippen LogP contribution in [0.4, 0.5) is 8.78 Å². The van der Waals surface area contributed by atoms with E-state index < -0.39 is 6.61 Å². The Kier molecular flexibility index (Phi) is 7.90. The van der Waals surface area contributed by atoms with Gasteiger partial charge in [0.2, 0.25) is 0 Å². The first-order valence-corrected chi connectivity index (χ1v) is 11.5. The van der Waals surface area contributed by atoms with Gasteiger partial charge in [0.25, 0.3) is 0 Å². The van der Waals surface area contributed by atoms with Gasteiger partial charge in [0.05, 0.1) is 6.10 Å². The Labute approximate surface area is 197 Å². The third-order valence-electron chi connectivity index (χ3n) is 6.07. The van der Waals surface area contributed by atoms with Crippen LogP contribution in [-0.4, -0.2) is 29.4 Å². The highest BCUT2D eigenvalue weighted by Crippen LogP contribution is 2.38. The molecule has 0 radical (unpaired) electrons. The number of pyridine rings is 2. The molecule has 34 heavy (non-hydrogen) atoms. The molecule has 1 fully saturated rings. The molecule has 1 N–H and O–H groups in total. The van der Waals surface area contributed by atoms with E-state index in [1.54, 1.807) is 30.5 Å². The number of nitrogens with zero attached hydrogens (tertiary/aromatic N) is 2. The van der Waals surface area contributed by atoms with Crippen molar-refractivity contribution in [3.63, 3.8) is 0 Å². The second kappa shape index (κ2) is 11.2. The second-order valence-electron chi connectivity index (χ2n) is 8.50. The lowest BCUT2D eigenvalue weighted by atomic mass is 9.88. The number of aliphatic hydroxyl groups is 1. The number of aryl methyl sites for hydroxylation is 1. The highest BCUT2D eigenvalue weighted by molar-refractivity contribution is 5.46. The van der Waals surface area contributed by atoms with Crippen molar-refractivity contribution >= 4 is 0 Å². The lowest BCUT2D eigenvalue weighted by Crippen LogP contribution is -2.25. The van der Waals surface area contributed by atoms with Gasteiger partial charge in [-0.05, 0) is 73.4 Å². The van der Waals surface area contributed by atoms with Crippen LogP contribution < -0.4 is 14.2 Å². The highest BCUT2D eigenvalue weighted by Gasteiger charge is 2.24. The Hall–Kier alpha value is -3.26. The highest BCUT2D eigenvalue weighted by atomic mass is 19.3. The number of benzene rings is 1. The predicted octanol–water partition coefficient (Wildman–Crippen LogP) is 4.55. The lowest BCUT2D eigenvalue weighted by Gasteiger charge is -2.28. The fourth-order valence-electron chi connectivity index (χ4n) is 3.98. The van der Waals surface area contributed by atoms with Gasteiger partial charge in [-0.2, -0.15) is 13.5 Å². The van der Waals surface area contributed by atoms with E-state index in [0.717, 1.165) is 52.8 Å². The Morgan fingerprint density at radius 2 is 1.85 bits per heavy atom. The normalized spacial score (nSPS) is 14.6. The summed E-state index contributed by atoms with van der Waals surface area (Å²) in [6.45, 7) is -2.82. The molecule has 1 aliphatic carbocycles. The summed E-state index contributed by atoms with van der Waals surface area (Å²) >= 11 is 0. The van der Waals surface area contributed by atoms with Gasteiger partial charge in [0.15, 0.2) is 23.9 Å². The number of aliphatic hydroxyl groups excluding tert-OH is 1. The van der Waals surface area contributed by atoms with Crippen LogP contribution in [0.15, 0.2) is 61.1 Å². The zero-order valence-electron chi connectivity index (χ0n) is 18.8. The van der Waals surface area contributed by atoms with Crippen molar-refractivity contribution in [2.45, 2.75) is 57.2 Å². The maximum Gasteiger partial charge on any atom is 0.387 e. The molecule has 1 atom stereocenters. The zero-order chi connectivity index (χ0) is 23.9. The average Bonchev–Trinajstić information content (AvgIpc) is 2.81. The summed E-state index contributed by atoms with van der Waals surface area (Å²) in [6.07, 6.45) is 9.47. The maximum absolute atomic E-state index is 13.0. The standard InChI is InChI=1S/C26H28F2N2O4/c27-26(28)34-24-9-7-20(16-25(24)33-21-4-1-5-21)22(15-18-10-12-30(32)13-11-18)23-8-6-19(17-29-23)3-2-14-31/h6-13,16-17,21-22,26,31H,1-5,14-15H2. The Balaban J connectivity index is 1.67. The quantitative estimate of drug-likeness (QED) is 0.329. The number of hydrogen-bond acceptors (Lipinski definition) is 5. The number of aromatic nitrogens is 2. The first-order valence-electron chi connectivity index (χ1n) is 11.5. The summed E-state index contributed by atoms with van der Waals surface area (Å²) in [5.74, 6) is 0.125. The molecule has 0 spiro atoms. The minimum absolute atomic E-state index is 0.000668. The van der Waals surface area contributed by atoms with Crippen molar-refractivity contribution in [2.75, 3.05) is 6.61 Å². The molecule has 4 rings (SSSR count). The third-order valence-corrected chi connectivity index (χ3v) is 6.07. The summed E-state index contributed by atoms with van der Waals surface area (Å²) < 4.78 is 37.4. The summed E-state index contributed by atoms with van der Waals surface area (Å²) in [5, 5.41) is 20.5. The molecule has 1 unspecified atom stereocenters. The number of halogens is 2. The van der Waals surface area contributed by atoms with Gasteiger partial charge in [-0.25, -0.2) is 0 Å². The molecule has 6 nitrogen and oxygen atoms in total. The van der Waals surface area contributed by atoms with Crippen LogP contribution >= 0.6 is 0 Å². The summed E-state index contributed by atoms with van der Waals surface area (Å²) in [5.41, 5.74) is 3.63. The fourth-order valence-corrected chi connectivity index (χ4v) is 3.98. The topological polar surface area (TPSA) is 78.5 Å². The molecule has 2 heterocycles. The molecular weight excluding hydrogens is 442 g/mol. The number of rotatable bonds is 11. The Morgan fingerprint density at radius 3 is 2.47 bits per heavy atom. The molecular formula is C26H28F2N2O4. The van der Waals surface area contributed by atoms with Gasteiger partial charge in [-0.3, -0.25) is 4.98 Å². The van der Waals surface area contributed by atoms with E-state index in [1.807, 2.05) is 12.1 Å². The minimum atomic E-state index is -2.94. The molecule has 2 aromatic heterocycles. The van der Waals surface area contributed by atoms with E-state index in [4.69, 9.17) is 14.6 Å². The molecule has 0 bridgehead atoms. The Morgan fingerprint density at radius 1 is 1.06 bits per heavy atom. The first kappa shape index (κ1) is 23.9. The number of alkyl halides is 2. The summed E-state index contributed by atoms with van der Waals surface area (Å²) in [4.78, 5) is 4.67. The van der Waals surface area contributed by atoms with Crippen LogP contribution in [-0.2, 0) is 12.8 Å². The van der Waals surface area contributed by atoms with Gasteiger partial charge >= 0.3 is 6.61 Å². The molecule has 0 amide bonds. The average molecular weight is 471 g/mol. The second-order valence-corrected chi connectivity index (χ2v) is 8.50. The molecule has 180 valence electrons. The molecule has 8 heteroatoms.